The Balaban J connectivity index is 1.70. The van der Waals surface area contributed by atoms with Crippen molar-refractivity contribution in [2.75, 3.05) is 6.61 Å². The van der Waals surface area contributed by atoms with Crippen molar-refractivity contribution in [1.82, 2.24) is 14.2 Å². The molecule has 1 N–H and O–H groups in total. The van der Waals surface area contributed by atoms with Crippen LogP contribution in [0.2, 0.25) is 0 Å². The molecule has 4 rings (SSSR count). The Morgan fingerprint density at radius 2 is 1.71 bits per heavy atom. The molecular weight excluding hydrogens is 470 g/mol. The van der Waals surface area contributed by atoms with Crippen LogP contribution in [0.5, 0.6) is 0 Å². The maximum atomic E-state index is 13.2. The second-order valence-corrected chi connectivity index (χ2v) is 8.84. The van der Waals surface area contributed by atoms with Gasteiger partial charge in [0, 0.05) is 7.05 Å². The number of rotatable bonds is 8. The second-order valence-electron chi connectivity index (χ2n) is 7.81. The van der Waals surface area contributed by atoms with Gasteiger partial charge in [-0.2, -0.15) is 0 Å². The Labute approximate surface area is 204 Å². The van der Waals surface area contributed by atoms with Crippen LogP contribution in [0, 0.1) is 0 Å². The molecule has 0 unspecified atom stereocenters. The Hall–Kier alpha value is -4.02. The zero-order valence-electron chi connectivity index (χ0n) is 19.1. The molecule has 0 fully saturated rings. The lowest BCUT2D eigenvalue weighted by molar-refractivity contribution is -0.124. The van der Waals surface area contributed by atoms with Crippen molar-refractivity contribution < 1.29 is 19.5 Å². The molecule has 0 saturated heterocycles. The number of carbonyl (C=O) groups is 2. The second kappa shape index (κ2) is 10.1. The molecule has 9 nitrogen and oxygen atoms in total. The van der Waals surface area contributed by atoms with Crippen LogP contribution in [0.4, 0.5) is 0 Å². The normalized spacial score (nSPS) is 11.0. The summed E-state index contributed by atoms with van der Waals surface area (Å²) in [6, 6.07) is 16.8. The van der Waals surface area contributed by atoms with Crippen LogP contribution >= 0.6 is 11.3 Å². The Kier molecular flexibility index (Phi) is 6.94. The molecule has 0 bridgehead atoms. The molecule has 2 aromatic carbocycles. The average Bonchev–Trinajstić information content (AvgIpc) is 3.31. The van der Waals surface area contributed by atoms with Gasteiger partial charge in [-0.15, -0.1) is 11.3 Å². The number of carboxylic acid groups (broad SMARTS) is 1. The summed E-state index contributed by atoms with van der Waals surface area (Å²) < 4.78 is 2.41. The zero-order valence-corrected chi connectivity index (χ0v) is 19.9. The van der Waals surface area contributed by atoms with Crippen molar-refractivity contribution in [3.8, 4) is 0 Å². The molecule has 10 heteroatoms. The van der Waals surface area contributed by atoms with E-state index in [1.54, 1.807) is 26.1 Å². The minimum absolute atomic E-state index is 0.0282. The minimum atomic E-state index is -1.06. The summed E-state index contributed by atoms with van der Waals surface area (Å²) in [5, 5.41) is 10.6. The smallest absolute Gasteiger partial charge is 0.335 e. The number of carbonyl (C=O) groups excluding carboxylic acids is 1. The molecule has 0 atom stereocenters. The first kappa shape index (κ1) is 24.1. The van der Waals surface area contributed by atoms with Crippen molar-refractivity contribution in [3.05, 3.63) is 103 Å². The quantitative estimate of drug-likeness (QED) is 0.378. The number of thiophene rings is 1. The third-order valence-electron chi connectivity index (χ3n) is 5.44. The van der Waals surface area contributed by atoms with Gasteiger partial charge >= 0.3 is 11.7 Å². The molecule has 0 spiro atoms. The lowest BCUT2D eigenvalue weighted by atomic mass is 10.1. The molecule has 2 heterocycles. The van der Waals surface area contributed by atoms with Gasteiger partial charge in [0.25, 0.3) is 11.5 Å². The van der Waals surface area contributed by atoms with Gasteiger partial charge < -0.3 is 5.11 Å². The molecule has 0 aliphatic heterocycles. The number of aromatic carboxylic acids is 1. The number of fused-ring (bicyclic) bond motifs is 1. The molecule has 1 amide bonds. The first-order valence-corrected chi connectivity index (χ1v) is 11.7. The van der Waals surface area contributed by atoms with Gasteiger partial charge in [-0.3, -0.25) is 23.6 Å². The van der Waals surface area contributed by atoms with E-state index in [4.69, 9.17) is 9.94 Å². The Morgan fingerprint density at radius 1 is 1.03 bits per heavy atom. The molecule has 4 aromatic rings. The summed E-state index contributed by atoms with van der Waals surface area (Å²) in [6.07, 6.45) is 0. The van der Waals surface area contributed by atoms with E-state index in [0.717, 1.165) is 21.5 Å². The maximum Gasteiger partial charge on any atom is 0.335 e. The van der Waals surface area contributed by atoms with E-state index in [9.17, 15) is 19.2 Å². The molecule has 2 aromatic heterocycles. The third-order valence-corrected chi connectivity index (χ3v) is 6.64. The minimum Gasteiger partial charge on any atom is -0.478 e. The first-order chi connectivity index (χ1) is 16.8. The van der Waals surface area contributed by atoms with Crippen LogP contribution in [-0.4, -0.2) is 37.8 Å². The van der Waals surface area contributed by atoms with Crippen LogP contribution in [0.15, 0.2) is 70.3 Å². The molecule has 0 aliphatic carbocycles. The summed E-state index contributed by atoms with van der Waals surface area (Å²) in [4.78, 5) is 56.7. The number of amides is 1. The summed E-state index contributed by atoms with van der Waals surface area (Å²) in [5.74, 6) is -1.46. The molecular formula is C25H23N3O6S. The lowest BCUT2D eigenvalue weighted by Gasteiger charge is -2.20. The summed E-state index contributed by atoms with van der Waals surface area (Å²) in [6.45, 7) is 2.27. The number of aryl methyl sites for hydroxylation is 1. The lowest BCUT2D eigenvalue weighted by Crippen LogP contribution is -2.38. The average molecular weight is 494 g/mol. The van der Waals surface area contributed by atoms with Crippen molar-refractivity contribution in [1.29, 1.82) is 0 Å². The fourth-order valence-corrected chi connectivity index (χ4v) is 4.71. The molecule has 0 aliphatic rings. The van der Waals surface area contributed by atoms with E-state index in [-0.39, 0.29) is 35.5 Å². The van der Waals surface area contributed by atoms with Gasteiger partial charge in [-0.25, -0.2) is 14.7 Å². The summed E-state index contributed by atoms with van der Waals surface area (Å²) in [7, 11) is 1.54. The SMILES string of the molecule is CCON(Cc1ccccc1)C(=O)c1cc2c(=O)n(Cc3ccc(C(=O)O)cc3)c(=O)n(C)c2s1. The Bertz CT molecular complexity index is 1500. The molecule has 0 saturated carbocycles. The highest BCUT2D eigenvalue weighted by Crippen LogP contribution is 2.24. The highest BCUT2D eigenvalue weighted by Gasteiger charge is 2.23. The number of aromatic nitrogens is 2. The summed E-state index contributed by atoms with van der Waals surface area (Å²) in [5.41, 5.74) is 0.549. The predicted octanol–water partition coefficient (Wildman–Crippen LogP) is 3.10. The van der Waals surface area contributed by atoms with Gasteiger partial charge in [0.15, 0.2) is 0 Å². The van der Waals surface area contributed by atoms with E-state index >= 15 is 0 Å². The zero-order chi connectivity index (χ0) is 25.1. The number of hydroxylamine groups is 2. The first-order valence-electron chi connectivity index (χ1n) is 10.8. The number of hydrogen-bond acceptors (Lipinski definition) is 6. The summed E-state index contributed by atoms with van der Waals surface area (Å²) >= 11 is 1.06. The fourth-order valence-electron chi connectivity index (χ4n) is 3.67. The number of benzene rings is 2. The van der Waals surface area contributed by atoms with Gasteiger partial charge in [0.2, 0.25) is 0 Å². The number of nitrogens with zero attached hydrogens (tertiary/aromatic N) is 3. The van der Waals surface area contributed by atoms with Crippen LogP contribution in [0.1, 0.15) is 38.1 Å². The highest BCUT2D eigenvalue weighted by atomic mass is 32.1. The van der Waals surface area contributed by atoms with Crippen molar-refractivity contribution in [3.63, 3.8) is 0 Å². The molecule has 180 valence electrons. The van der Waals surface area contributed by atoms with E-state index in [0.29, 0.717) is 10.4 Å². The molecule has 35 heavy (non-hydrogen) atoms. The third kappa shape index (κ3) is 4.93. The monoisotopic (exact) mass is 493 g/mol. The van der Waals surface area contributed by atoms with Gasteiger partial charge in [0.1, 0.15) is 4.83 Å². The van der Waals surface area contributed by atoms with Crippen LogP contribution in [0.25, 0.3) is 10.2 Å². The standard InChI is InChI=1S/C25H23N3O6S/c1-3-34-28(15-16-7-5-4-6-8-16)22(30)20-13-19-21(29)27(25(33)26(2)23(19)35-20)14-17-9-11-18(12-10-17)24(31)32/h4-13H,3,14-15H2,1-2H3,(H,31,32). The fraction of sp³-hybridized carbons (Fsp3) is 0.200. The van der Waals surface area contributed by atoms with Gasteiger partial charge in [-0.05, 0) is 36.2 Å². The predicted molar refractivity (Wildman–Crippen MR) is 132 cm³/mol. The van der Waals surface area contributed by atoms with Crippen molar-refractivity contribution in [2.45, 2.75) is 20.0 Å². The van der Waals surface area contributed by atoms with Gasteiger partial charge in [0.05, 0.1) is 35.5 Å². The van der Waals surface area contributed by atoms with Crippen molar-refractivity contribution >= 4 is 33.4 Å². The number of hydrogen-bond donors (Lipinski definition) is 1. The van der Waals surface area contributed by atoms with Crippen LogP contribution in [-0.2, 0) is 25.0 Å². The van der Waals surface area contributed by atoms with E-state index in [1.165, 1.54) is 27.8 Å². The van der Waals surface area contributed by atoms with Crippen molar-refractivity contribution in [2.24, 2.45) is 7.05 Å². The van der Waals surface area contributed by atoms with E-state index < -0.39 is 23.1 Å². The topological polar surface area (TPSA) is 111 Å². The van der Waals surface area contributed by atoms with E-state index in [1.807, 2.05) is 30.3 Å². The van der Waals surface area contributed by atoms with Crippen LogP contribution in [0.3, 0.4) is 0 Å². The van der Waals surface area contributed by atoms with Crippen LogP contribution < -0.4 is 11.2 Å². The maximum absolute atomic E-state index is 13.2. The number of carboxylic acids is 1. The molecule has 0 radical (unpaired) electrons. The van der Waals surface area contributed by atoms with E-state index in [2.05, 4.69) is 0 Å². The highest BCUT2D eigenvalue weighted by molar-refractivity contribution is 7.20. The Morgan fingerprint density at radius 3 is 2.34 bits per heavy atom. The van der Waals surface area contributed by atoms with Gasteiger partial charge in [-0.1, -0.05) is 42.5 Å². The largest absolute Gasteiger partial charge is 0.478 e.